The van der Waals surface area contributed by atoms with E-state index in [1.807, 2.05) is 0 Å². The van der Waals surface area contributed by atoms with E-state index >= 15 is 0 Å². The van der Waals surface area contributed by atoms with E-state index in [0.29, 0.717) is 6.92 Å². The summed E-state index contributed by atoms with van der Waals surface area (Å²) in [5, 5.41) is 8.01. The van der Waals surface area contributed by atoms with E-state index in [-0.39, 0.29) is 0 Å². The third kappa shape index (κ3) is 3.41. The fourth-order valence-electron chi connectivity index (χ4n) is 0.763. The van der Waals surface area contributed by atoms with Crippen LogP contribution in [-0.2, 0) is 14.3 Å². The van der Waals surface area contributed by atoms with E-state index in [9.17, 15) is 31.5 Å². The van der Waals surface area contributed by atoms with Gasteiger partial charge in [-0.05, 0) is 13.3 Å². The number of carbonyl (C=O) groups excluding carboxylic acids is 1. The third-order valence-corrected chi connectivity index (χ3v) is 2.15. The zero-order chi connectivity index (χ0) is 14.7. The zero-order valence-corrected chi connectivity index (χ0v) is 9.27. The molecule has 9 heteroatoms. The van der Waals surface area contributed by atoms with Crippen molar-refractivity contribution in [1.82, 2.24) is 0 Å². The lowest BCUT2D eigenvalue weighted by atomic mass is 10.0. The topological polar surface area (TPSA) is 63.6 Å². The van der Waals surface area contributed by atoms with Gasteiger partial charge >= 0.3 is 18.1 Å². The summed E-state index contributed by atoms with van der Waals surface area (Å²) in [6.07, 6.45) is -5.75. The second kappa shape index (κ2) is 5.32. The first-order valence-electron chi connectivity index (χ1n) is 4.55. The predicted octanol–water partition coefficient (Wildman–Crippen LogP) is 2.50. The number of carboxylic acid groups (broad SMARTS) is 1. The Kier molecular flexibility index (Phi) is 4.82. The molecule has 0 saturated heterocycles. The lowest BCUT2D eigenvalue weighted by Crippen LogP contribution is -2.46. The molecule has 0 heterocycles. The third-order valence-electron chi connectivity index (χ3n) is 2.15. The fourth-order valence-corrected chi connectivity index (χ4v) is 0.763. The highest BCUT2D eigenvalue weighted by Gasteiger charge is 2.53. The van der Waals surface area contributed by atoms with Crippen molar-refractivity contribution < 1.29 is 41.4 Å². The van der Waals surface area contributed by atoms with E-state index in [0.717, 1.165) is 6.92 Å². The normalized spacial score (nSPS) is 16.6. The molecule has 0 fully saturated rings. The molecule has 104 valence electrons. The number of hydrogen-bond acceptors (Lipinski definition) is 3. The second-order valence-corrected chi connectivity index (χ2v) is 3.40. The van der Waals surface area contributed by atoms with Crippen molar-refractivity contribution in [1.29, 1.82) is 0 Å². The summed E-state index contributed by atoms with van der Waals surface area (Å²) in [6, 6.07) is 0. The van der Waals surface area contributed by atoms with Crippen molar-refractivity contribution in [3.05, 3.63) is 11.7 Å². The van der Waals surface area contributed by atoms with Crippen LogP contribution in [-0.4, -0.2) is 28.8 Å². The summed E-state index contributed by atoms with van der Waals surface area (Å²) in [7, 11) is 0. The van der Waals surface area contributed by atoms with Crippen molar-refractivity contribution in [3.63, 3.8) is 0 Å². The van der Waals surface area contributed by atoms with Gasteiger partial charge < -0.3 is 9.84 Å². The number of esters is 1. The van der Waals surface area contributed by atoms with Crippen LogP contribution in [0.3, 0.4) is 0 Å². The average Bonchev–Trinajstić information content (AvgIpc) is 2.24. The molecule has 0 aliphatic carbocycles. The van der Waals surface area contributed by atoms with Crippen LogP contribution in [0.2, 0.25) is 0 Å². The van der Waals surface area contributed by atoms with Gasteiger partial charge in [0.2, 0.25) is 5.60 Å². The Hall–Kier alpha value is -1.67. The largest absolute Gasteiger partial charge is 0.476 e. The summed E-state index contributed by atoms with van der Waals surface area (Å²) in [6.45, 7) is 1.47. The molecule has 18 heavy (non-hydrogen) atoms. The van der Waals surface area contributed by atoms with Crippen LogP contribution in [0.4, 0.5) is 22.0 Å². The minimum atomic E-state index is -5.00. The average molecular weight is 276 g/mol. The highest BCUT2D eigenvalue weighted by Crippen LogP contribution is 2.36. The maximum absolute atomic E-state index is 12.8. The molecule has 0 aliphatic rings. The summed E-state index contributed by atoms with van der Waals surface area (Å²) >= 11 is 0. The van der Waals surface area contributed by atoms with Crippen LogP contribution < -0.4 is 0 Å². The van der Waals surface area contributed by atoms with E-state index < -0.39 is 41.8 Å². The molecule has 1 N–H and O–H groups in total. The number of alkyl halides is 3. The Bertz CT molecular complexity index is 387. The number of aliphatic carboxylic acids is 1. The summed E-state index contributed by atoms with van der Waals surface area (Å²) in [5.74, 6) is -9.78. The molecule has 0 bridgehead atoms. The maximum atomic E-state index is 12.8. The molecule has 0 radical (unpaired) electrons. The molecule has 4 nitrogen and oxygen atoms in total. The van der Waals surface area contributed by atoms with E-state index in [1.54, 1.807) is 0 Å². The lowest BCUT2D eigenvalue weighted by molar-refractivity contribution is -0.263. The molecule has 1 atom stereocenters. The Labute approximate surface area is 98.0 Å². The van der Waals surface area contributed by atoms with Crippen LogP contribution in [0.5, 0.6) is 0 Å². The highest BCUT2D eigenvalue weighted by atomic mass is 19.4. The molecule has 0 saturated carbocycles. The van der Waals surface area contributed by atoms with E-state index in [4.69, 9.17) is 5.11 Å². The molecule has 1 unspecified atom stereocenters. The first-order chi connectivity index (χ1) is 7.96. The summed E-state index contributed by atoms with van der Waals surface area (Å²) < 4.78 is 66.4. The molecular formula is C9H9F5O4. The summed E-state index contributed by atoms with van der Waals surface area (Å²) in [4.78, 5) is 20.8. The Morgan fingerprint density at radius 1 is 1.17 bits per heavy atom. The lowest BCUT2D eigenvalue weighted by Gasteiger charge is -2.30. The monoisotopic (exact) mass is 276 g/mol. The van der Waals surface area contributed by atoms with E-state index in [2.05, 4.69) is 4.74 Å². The van der Waals surface area contributed by atoms with Crippen molar-refractivity contribution >= 4 is 11.9 Å². The van der Waals surface area contributed by atoms with Gasteiger partial charge in [-0.2, -0.15) is 22.0 Å². The first-order valence-corrected chi connectivity index (χ1v) is 4.55. The van der Waals surface area contributed by atoms with Gasteiger partial charge in [-0.3, -0.25) is 0 Å². The Morgan fingerprint density at radius 3 is 1.89 bits per heavy atom. The van der Waals surface area contributed by atoms with Gasteiger partial charge in [-0.1, -0.05) is 6.92 Å². The van der Waals surface area contributed by atoms with Crippen LogP contribution >= 0.6 is 0 Å². The minimum absolute atomic E-state index is 0.455. The standard InChI is InChI=1S/C9H9F5O4/c1-3-8(2,9(12,13)14)18-7(17)5(11)4(10)6(15)16/h3H2,1-2H3,(H,15,16)/b5-4+. The first kappa shape index (κ1) is 16.3. The van der Waals surface area contributed by atoms with Crippen LogP contribution in [0, 0.1) is 0 Å². The van der Waals surface area contributed by atoms with E-state index in [1.165, 1.54) is 0 Å². The smallest absolute Gasteiger partial charge is 0.428 e. The van der Waals surface area contributed by atoms with Crippen LogP contribution in [0.15, 0.2) is 11.7 Å². The molecule has 0 rings (SSSR count). The molecule has 0 aromatic heterocycles. The van der Waals surface area contributed by atoms with Crippen molar-refractivity contribution in [2.24, 2.45) is 0 Å². The van der Waals surface area contributed by atoms with Gasteiger partial charge in [0, 0.05) is 0 Å². The van der Waals surface area contributed by atoms with Gasteiger partial charge in [0.1, 0.15) is 0 Å². The van der Waals surface area contributed by atoms with Gasteiger partial charge in [0.15, 0.2) is 0 Å². The predicted molar refractivity (Wildman–Crippen MR) is 47.7 cm³/mol. The summed E-state index contributed by atoms with van der Waals surface area (Å²) in [5.41, 5.74) is -3.03. The van der Waals surface area contributed by atoms with Crippen molar-refractivity contribution in [2.75, 3.05) is 0 Å². The molecule has 0 aromatic rings. The van der Waals surface area contributed by atoms with Crippen LogP contribution in [0.1, 0.15) is 20.3 Å². The van der Waals surface area contributed by atoms with Gasteiger partial charge in [-0.15, -0.1) is 0 Å². The van der Waals surface area contributed by atoms with Gasteiger partial charge in [0.25, 0.3) is 11.7 Å². The minimum Gasteiger partial charge on any atom is -0.476 e. The number of rotatable bonds is 4. The molecule has 0 amide bonds. The van der Waals surface area contributed by atoms with Crippen molar-refractivity contribution in [2.45, 2.75) is 32.0 Å². The molecule has 0 aliphatic heterocycles. The van der Waals surface area contributed by atoms with Crippen molar-refractivity contribution in [3.8, 4) is 0 Å². The molecule has 0 aromatic carbocycles. The molecular weight excluding hydrogens is 267 g/mol. The zero-order valence-electron chi connectivity index (χ0n) is 9.27. The number of carbonyl (C=O) groups is 2. The number of halogens is 5. The SMILES string of the molecule is CCC(C)(OC(=O)/C(F)=C(\F)C(=O)O)C(F)(F)F. The van der Waals surface area contributed by atoms with Crippen LogP contribution in [0.25, 0.3) is 0 Å². The van der Waals surface area contributed by atoms with Gasteiger partial charge in [0.05, 0.1) is 0 Å². The second-order valence-electron chi connectivity index (χ2n) is 3.40. The molecule has 0 spiro atoms. The number of ether oxygens (including phenoxy) is 1. The maximum Gasteiger partial charge on any atom is 0.428 e. The quantitative estimate of drug-likeness (QED) is 0.487. The van der Waals surface area contributed by atoms with Gasteiger partial charge in [-0.25, -0.2) is 9.59 Å². The Balaban J connectivity index is 5.19. The Morgan fingerprint density at radius 2 is 1.61 bits per heavy atom. The number of hydrogen-bond donors (Lipinski definition) is 1. The highest BCUT2D eigenvalue weighted by molar-refractivity contribution is 5.96. The number of carboxylic acids is 1. The fraction of sp³-hybridized carbons (Fsp3) is 0.556.